The van der Waals surface area contributed by atoms with Crippen LogP contribution in [0.25, 0.3) is 11.3 Å². The second-order valence-corrected chi connectivity index (χ2v) is 5.16. The van der Waals surface area contributed by atoms with Crippen LogP contribution in [-0.4, -0.2) is 21.3 Å². The van der Waals surface area contributed by atoms with Gasteiger partial charge in [-0.15, -0.1) is 11.3 Å². The van der Waals surface area contributed by atoms with Crippen molar-refractivity contribution in [2.75, 3.05) is 0 Å². The summed E-state index contributed by atoms with van der Waals surface area (Å²) in [5, 5.41) is 15.5. The average molecular weight is 236 g/mol. The lowest BCUT2D eigenvalue weighted by Crippen LogP contribution is -1.98. The topological polar surface area (TPSA) is 66.0 Å². The number of hydrogen-bond donors (Lipinski definition) is 2. The number of aromatic amines is 1. The van der Waals surface area contributed by atoms with Crippen molar-refractivity contribution >= 4 is 17.3 Å². The molecular formula is C11H12N2O2S. The molecule has 16 heavy (non-hydrogen) atoms. The Bertz CT molecular complexity index is 554. The first kappa shape index (κ1) is 10.9. The minimum Gasteiger partial charge on any atom is -0.476 e. The summed E-state index contributed by atoms with van der Waals surface area (Å²) < 4.78 is 0. The lowest BCUT2D eigenvalue weighted by atomic mass is 10.1. The number of aromatic carboxylic acids is 1. The van der Waals surface area contributed by atoms with Crippen molar-refractivity contribution in [3.63, 3.8) is 0 Å². The van der Waals surface area contributed by atoms with Gasteiger partial charge in [-0.1, -0.05) is 0 Å². The van der Waals surface area contributed by atoms with E-state index in [1.165, 1.54) is 9.75 Å². The third-order valence-electron chi connectivity index (χ3n) is 2.52. The summed E-state index contributed by atoms with van der Waals surface area (Å²) in [5.41, 5.74) is 2.63. The van der Waals surface area contributed by atoms with Gasteiger partial charge >= 0.3 is 5.97 Å². The fraction of sp³-hybridized carbons (Fsp3) is 0.273. The highest BCUT2D eigenvalue weighted by Crippen LogP contribution is 2.31. The smallest absolute Gasteiger partial charge is 0.356 e. The summed E-state index contributed by atoms with van der Waals surface area (Å²) in [6.45, 7) is 5.83. The second kappa shape index (κ2) is 3.75. The minimum absolute atomic E-state index is 0.0956. The first-order valence-electron chi connectivity index (χ1n) is 4.86. The number of nitrogens with zero attached hydrogens (tertiary/aromatic N) is 1. The number of aromatic nitrogens is 2. The van der Waals surface area contributed by atoms with Crippen LogP contribution in [0.15, 0.2) is 6.07 Å². The van der Waals surface area contributed by atoms with Crippen molar-refractivity contribution in [2.45, 2.75) is 20.8 Å². The molecule has 2 rings (SSSR count). The van der Waals surface area contributed by atoms with Crippen molar-refractivity contribution in [1.29, 1.82) is 0 Å². The van der Waals surface area contributed by atoms with Gasteiger partial charge in [0.25, 0.3) is 0 Å². The first-order chi connectivity index (χ1) is 7.50. The van der Waals surface area contributed by atoms with E-state index in [4.69, 9.17) is 5.11 Å². The molecule has 0 bridgehead atoms. The maximum atomic E-state index is 10.9. The number of hydrogen-bond acceptors (Lipinski definition) is 3. The van der Waals surface area contributed by atoms with E-state index in [1.54, 1.807) is 18.3 Å². The van der Waals surface area contributed by atoms with Gasteiger partial charge in [0, 0.05) is 20.9 Å². The third-order valence-corrected chi connectivity index (χ3v) is 3.49. The lowest BCUT2D eigenvalue weighted by Gasteiger charge is -1.97. The monoisotopic (exact) mass is 236 g/mol. The standard InChI is InChI=1S/C11H12N2O2S/c1-5-4-8(7(3)16-5)9-6(2)10(11(14)15)13-12-9/h4H,1-3H3,(H,12,13)(H,14,15). The molecule has 2 heterocycles. The highest BCUT2D eigenvalue weighted by atomic mass is 32.1. The van der Waals surface area contributed by atoms with E-state index in [-0.39, 0.29) is 5.69 Å². The van der Waals surface area contributed by atoms with Gasteiger partial charge in [0.05, 0.1) is 5.69 Å². The van der Waals surface area contributed by atoms with Gasteiger partial charge in [0.1, 0.15) is 0 Å². The van der Waals surface area contributed by atoms with E-state index in [0.717, 1.165) is 11.3 Å². The van der Waals surface area contributed by atoms with E-state index in [9.17, 15) is 4.79 Å². The van der Waals surface area contributed by atoms with E-state index in [1.807, 2.05) is 19.9 Å². The molecule has 0 spiro atoms. The van der Waals surface area contributed by atoms with Crippen LogP contribution in [0.1, 0.15) is 25.8 Å². The van der Waals surface area contributed by atoms with Crippen LogP contribution in [0.4, 0.5) is 0 Å². The average Bonchev–Trinajstić information content (AvgIpc) is 2.69. The molecule has 0 aromatic carbocycles. The molecular weight excluding hydrogens is 224 g/mol. The second-order valence-electron chi connectivity index (χ2n) is 3.70. The molecule has 0 atom stereocenters. The fourth-order valence-electron chi connectivity index (χ4n) is 1.75. The Hall–Kier alpha value is -1.62. The van der Waals surface area contributed by atoms with E-state index in [2.05, 4.69) is 10.2 Å². The van der Waals surface area contributed by atoms with Gasteiger partial charge in [-0.2, -0.15) is 5.10 Å². The number of H-pyrrole nitrogens is 1. The summed E-state index contributed by atoms with van der Waals surface area (Å²) in [6, 6.07) is 2.05. The zero-order chi connectivity index (χ0) is 11.9. The predicted octanol–water partition coefficient (Wildman–Crippen LogP) is 2.76. The van der Waals surface area contributed by atoms with E-state index in [0.29, 0.717) is 5.56 Å². The Kier molecular flexibility index (Phi) is 2.55. The molecule has 0 fully saturated rings. The van der Waals surface area contributed by atoms with Gasteiger partial charge in [0.2, 0.25) is 0 Å². The van der Waals surface area contributed by atoms with Crippen molar-refractivity contribution in [3.8, 4) is 11.3 Å². The van der Waals surface area contributed by atoms with Crippen molar-refractivity contribution in [2.24, 2.45) is 0 Å². The number of nitrogens with one attached hydrogen (secondary N) is 1. The maximum Gasteiger partial charge on any atom is 0.356 e. The van der Waals surface area contributed by atoms with Gasteiger partial charge in [-0.25, -0.2) is 4.79 Å². The maximum absolute atomic E-state index is 10.9. The molecule has 2 N–H and O–H groups in total. The van der Waals surface area contributed by atoms with Crippen molar-refractivity contribution in [1.82, 2.24) is 10.2 Å². The largest absolute Gasteiger partial charge is 0.476 e. The number of aryl methyl sites for hydroxylation is 2. The SMILES string of the molecule is Cc1cc(-c2[nH]nc(C(=O)O)c2C)c(C)s1. The van der Waals surface area contributed by atoms with Gasteiger partial charge in [-0.3, -0.25) is 5.10 Å². The van der Waals surface area contributed by atoms with Gasteiger partial charge in [0.15, 0.2) is 5.69 Å². The van der Waals surface area contributed by atoms with Crippen molar-refractivity contribution < 1.29 is 9.90 Å². The molecule has 0 amide bonds. The normalized spacial score (nSPS) is 10.7. The van der Waals surface area contributed by atoms with Crippen LogP contribution in [0.3, 0.4) is 0 Å². The molecule has 0 saturated heterocycles. The zero-order valence-corrected chi connectivity index (χ0v) is 10.1. The molecule has 2 aromatic rings. The van der Waals surface area contributed by atoms with Crippen LogP contribution in [-0.2, 0) is 0 Å². The molecule has 2 aromatic heterocycles. The predicted molar refractivity (Wildman–Crippen MR) is 63.1 cm³/mol. The molecule has 5 heteroatoms. The van der Waals surface area contributed by atoms with Crippen molar-refractivity contribution in [3.05, 3.63) is 27.1 Å². The first-order valence-corrected chi connectivity index (χ1v) is 5.68. The van der Waals surface area contributed by atoms with Gasteiger partial charge in [-0.05, 0) is 26.8 Å². The molecule has 0 saturated carbocycles. The Morgan fingerprint density at radius 3 is 2.56 bits per heavy atom. The van der Waals surface area contributed by atoms with E-state index >= 15 is 0 Å². The number of carbonyl (C=O) groups is 1. The zero-order valence-electron chi connectivity index (χ0n) is 9.29. The lowest BCUT2D eigenvalue weighted by molar-refractivity contribution is 0.0689. The molecule has 0 aliphatic heterocycles. The van der Waals surface area contributed by atoms with Gasteiger partial charge < -0.3 is 5.11 Å². The quantitative estimate of drug-likeness (QED) is 0.842. The number of thiophene rings is 1. The van der Waals surface area contributed by atoms with E-state index < -0.39 is 5.97 Å². The van der Waals surface area contributed by atoms with Crippen LogP contribution >= 0.6 is 11.3 Å². The van der Waals surface area contributed by atoms with Crippen LogP contribution in [0, 0.1) is 20.8 Å². The summed E-state index contributed by atoms with van der Waals surface area (Å²) >= 11 is 1.70. The summed E-state index contributed by atoms with van der Waals surface area (Å²) in [5.74, 6) is -0.996. The number of rotatable bonds is 2. The Morgan fingerprint density at radius 1 is 1.44 bits per heavy atom. The summed E-state index contributed by atoms with van der Waals surface area (Å²) in [6.07, 6.45) is 0. The molecule has 4 nitrogen and oxygen atoms in total. The molecule has 0 radical (unpaired) electrons. The Morgan fingerprint density at radius 2 is 2.12 bits per heavy atom. The summed E-state index contributed by atoms with van der Waals surface area (Å²) in [4.78, 5) is 13.3. The molecule has 0 unspecified atom stereocenters. The highest BCUT2D eigenvalue weighted by molar-refractivity contribution is 7.12. The minimum atomic E-state index is -0.996. The molecule has 0 aliphatic carbocycles. The van der Waals surface area contributed by atoms with Crippen LogP contribution < -0.4 is 0 Å². The van der Waals surface area contributed by atoms with Crippen LogP contribution in [0.2, 0.25) is 0 Å². The Labute approximate surface area is 96.9 Å². The Balaban J connectivity index is 2.57. The molecule has 84 valence electrons. The number of carboxylic acids is 1. The summed E-state index contributed by atoms with van der Waals surface area (Å²) in [7, 11) is 0. The highest BCUT2D eigenvalue weighted by Gasteiger charge is 2.18. The third kappa shape index (κ3) is 1.63. The fourth-order valence-corrected chi connectivity index (χ4v) is 2.68. The van der Waals surface area contributed by atoms with Crippen LogP contribution in [0.5, 0.6) is 0 Å². The molecule has 0 aliphatic rings. The number of carboxylic acid groups (broad SMARTS) is 1.